The van der Waals surface area contributed by atoms with E-state index < -0.39 is 46.2 Å². The molecular weight excluding hydrogens is 570 g/mol. The summed E-state index contributed by atoms with van der Waals surface area (Å²) in [5.41, 5.74) is 1.21. The Morgan fingerprint density at radius 3 is 2.41 bits per heavy atom. The van der Waals surface area contributed by atoms with Crippen LogP contribution in [0.15, 0.2) is 65.6 Å². The van der Waals surface area contributed by atoms with Crippen LogP contribution >= 0.6 is 23.2 Å². The lowest BCUT2D eigenvalue weighted by Gasteiger charge is -2.26. The summed E-state index contributed by atoms with van der Waals surface area (Å²) in [6, 6.07) is 12.8. The Balaban J connectivity index is 1.58. The summed E-state index contributed by atoms with van der Waals surface area (Å²) in [7, 11) is -2.68. The van der Waals surface area contributed by atoms with Gasteiger partial charge in [-0.3, -0.25) is 9.59 Å². The highest BCUT2D eigenvalue weighted by molar-refractivity contribution is 7.89. The van der Waals surface area contributed by atoms with E-state index in [4.69, 9.17) is 27.9 Å². The zero-order valence-electron chi connectivity index (χ0n) is 20.7. The van der Waals surface area contributed by atoms with Crippen molar-refractivity contribution in [2.45, 2.75) is 36.2 Å². The van der Waals surface area contributed by atoms with Gasteiger partial charge in [-0.2, -0.15) is 4.31 Å². The number of hydrogen-bond donors (Lipinski definition) is 2. The number of hydrogen-bond acceptors (Lipinski definition) is 5. The van der Waals surface area contributed by atoms with Gasteiger partial charge in [-0.1, -0.05) is 53.5 Å². The van der Waals surface area contributed by atoms with E-state index in [0.717, 1.165) is 4.31 Å². The molecular formula is C27H25Cl2FN2O6S. The van der Waals surface area contributed by atoms with Gasteiger partial charge < -0.3 is 15.2 Å². The lowest BCUT2D eigenvalue weighted by Crippen LogP contribution is -2.47. The van der Waals surface area contributed by atoms with Crippen LogP contribution in [0, 0.1) is 5.82 Å². The first kappa shape index (κ1) is 28.8. The average molecular weight is 595 g/mol. The third-order valence-electron chi connectivity index (χ3n) is 6.44. The molecule has 0 saturated carbocycles. The van der Waals surface area contributed by atoms with Gasteiger partial charge in [0, 0.05) is 16.6 Å². The quantitative estimate of drug-likeness (QED) is 0.348. The Kier molecular flexibility index (Phi) is 8.80. The maximum atomic E-state index is 14.5. The molecule has 2 atom stereocenters. The summed E-state index contributed by atoms with van der Waals surface area (Å²) >= 11 is 12.0. The number of halogens is 3. The molecule has 0 aromatic heterocycles. The third kappa shape index (κ3) is 6.36. The number of nitrogens with one attached hydrogen (secondary N) is 1. The minimum absolute atomic E-state index is 0.104. The molecule has 3 aromatic carbocycles. The normalized spacial score (nSPS) is 16.6. The highest BCUT2D eigenvalue weighted by atomic mass is 35.5. The van der Waals surface area contributed by atoms with Crippen molar-refractivity contribution in [2.24, 2.45) is 0 Å². The molecule has 4 rings (SSSR count). The number of benzene rings is 3. The zero-order chi connectivity index (χ0) is 28.3. The molecule has 0 aliphatic carbocycles. The van der Waals surface area contributed by atoms with Gasteiger partial charge in [0.1, 0.15) is 17.6 Å². The highest BCUT2D eigenvalue weighted by Crippen LogP contribution is 2.34. The van der Waals surface area contributed by atoms with Crippen LogP contribution in [0.3, 0.4) is 0 Å². The molecule has 1 aliphatic heterocycles. The number of carboxylic acid groups (broad SMARTS) is 1. The molecule has 0 radical (unpaired) electrons. The predicted octanol–water partition coefficient (Wildman–Crippen LogP) is 5.29. The number of ether oxygens (including phenoxy) is 1. The monoisotopic (exact) mass is 594 g/mol. The lowest BCUT2D eigenvalue weighted by molar-refractivity contribution is -0.137. The van der Waals surface area contributed by atoms with Crippen molar-refractivity contribution in [1.82, 2.24) is 9.62 Å². The standard InChI is InChI=1S/C27H25Cl2FN2O6S/c1-38-24-6-2-4-21(30)26(24)17-9-7-16(8-10-17)22(15-25(33)34)31-27(35)23-5-3-11-32(23)39(36,37)20-13-18(28)12-19(29)14-20/h2,4,6-10,12-14,22-23H,3,5,11,15H2,1H3,(H,31,35)(H,33,34)/t22-,23+/m1/s1. The van der Waals surface area contributed by atoms with Crippen LogP contribution in [0.1, 0.15) is 30.9 Å². The second kappa shape index (κ2) is 11.9. The van der Waals surface area contributed by atoms with Crippen LogP contribution in [0.5, 0.6) is 5.75 Å². The number of carbonyl (C=O) groups excluding carboxylic acids is 1. The van der Waals surface area contributed by atoms with Gasteiger partial charge in [-0.25, -0.2) is 12.8 Å². The van der Waals surface area contributed by atoms with Gasteiger partial charge in [0.2, 0.25) is 15.9 Å². The Morgan fingerprint density at radius 2 is 1.79 bits per heavy atom. The number of aliphatic carboxylic acids is 1. The molecule has 206 valence electrons. The number of sulfonamides is 1. The molecule has 2 N–H and O–H groups in total. The molecule has 1 amide bonds. The molecule has 1 saturated heterocycles. The zero-order valence-corrected chi connectivity index (χ0v) is 23.1. The number of nitrogens with zero attached hydrogens (tertiary/aromatic N) is 1. The largest absolute Gasteiger partial charge is 0.496 e. The van der Waals surface area contributed by atoms with Crippen LogP contribution < -0.4 is 10.1 Å². The van der Waals surface area contributed by atoms with Crippen molar-refractivity contribution in [3.05, 3.63) is 82.1 Å². The molecule has 8 nitrogen and oxygen atoms in total. The first-order chi connectivity index (χ1) is 18.5. The van der Waals surface area contributed by atoms with Gasteiger partial charge >= 0.3 is 5.97 Å². The number of carbonyl (C=O) groups is 2. The first-order valence-corrected chi connectivity index (χ1v) is 14.1. The number of amides is 1. The summed E-state index contributed by atoms with van der Waals surface area (Å²) < 4.78 is 47.5. The summed E-state index contributed by atoms with van der Waals surface area (Å²) in [6.07, 6.45) is 0.247. The fourth-order valence-corrected chi connectivity index (χ4v) is 7.02. The second-order valence-electron chi connectivity index (χ2n) is 8.98. The lowest BCUT2D eigenvalue weighted by atomic mass is 9.98. The number of rotatable bonds is 9. The average Bonchev–Trinajstić information content (AvgIpc) is 3.39. The van der Waals surface area contributed by atoms with E-state index in [0.29, 0.717) is 23.3 Å². The van der Waals surface area contributed by atoms with E-state index in [9.17, 15) is 27.5 Å². The molecule has 1 aliphatic rings. The Morgan fingerprint density at radius 1 is 1.13 bits per heavy atom. The van der Waals surface area contributed by atoms with Gasteiger partial charge in [0.15, 0.2) is 0 Å². The van der Waals surface area contributed by atoms with Gasteiger partial charge in [0.05, 0.1) is 30.0 Å². The Bertz CT molecular complexity index is 1480. The van der Waals surface area contributed by atoms with Crippen molar-refractivity contribution in [3.8, 4) is 16.9 Å². The van der Waals surface area contributed by atoms with E-state index in [1.807, 2.05) is 0 Å². The molecule has 0 unspecified atom stereocenters. The van der Waals surface area contributed by atoms with Gasteiger partial charge in [-0.15, -0.1) is 0 Å². The van der Waals surface area contributed by atoms with Crippen molar-refractivity contribution >= 4 is 45.1 Å². The topological polar surface area (TPSA) is 113 Å². The molecule has 39 heavy (non-hydrogen) atoms. The first-order valence-electron chi connectivity index (χ1n) is 11.9. The minimum Gasteiger partial charge on any atom is -0.496 e. The van der Waals surface area contributed by atoms with E-state index >= 15 is 0 Å². The van der Waals surface area contributed by atoms with Crippen LogP contribution in [-0.2, 0) is 19.6 Å². The molecule has 1 heterocycles. The minimum atomic E-state index is -4.11. The maximum Gasteiger partial charge on any atom is 0.305 e. The van der Waals surface area contributed by atoms with Gasteiger partial charge in [0.25, 0.3) is 0 Å². The van der Waals surface area contributed by atoms with Crippen LogP contribution in [0.4, 0.5) is 4.39 Å². The van der Waals surface area contributed by atoms with Gasteiger partial charge in [-0.05, 0) is 54.3 Å². The molecule has 0 spiro atoms. The summed E-state index contributed by atoms with van der Waals surface area (Å²) in [4.78, 5) is 24.8. The van der Waals surface area contributed by atoms with Crippen LogP contribution in [0.2, 0.25) is 10.0 Å². The summed E-state index contributed by atoms with van der Waals surface area (Å²) in [6.45, 7) is 0.104. The molecule has 1 fully saturated rings. The second-order valence-corrected chi connectivity index (χ2v) is 11.7. The van der Waals surface area contributed by atoms with Crippen LogP contribution in [-0.4, -0.2) is 49.4 Å². The predicted molar refractivity (Wildman–Crippen MR) is 145 cm³/mol. The number of carboxylic acids is 1. The molecule has 3 aromatic rings. The van der Waals surface area contributed by atoms with Crippen molar-refractivity contribution < 1.29 is 32.2 Å². The molecule has 12 heteroatoms. The number of methoxy groups -OCH3 is 1. The summed E-state index contributed by atoms with van der Waals surface area (Å²) in [5, 5.41) is 12.5. The fourth-order valence-electron chi connectivity index (χ4n) is 4.63. The van der Waals surface area contributed by atoms with E-state index in [2.05, 4.69) is 5.32 Å². The summed E-state index contributed by atoms with van der Waals surface area (Å²) in [5.74, 6) is -1.94. The van der Waals surface area contributed by atoms with E-state index in [1.165, 1.54) is 37.4 Å². The smallest absolute Gasteiger partial charge is 0.305 e. The van der Waals surface area contributed by atoms with E-state index in [1.54, 1.807) is 30.3 Å². The highest BCUT2D eigenvalue weighted by Gasteiger charge is 2.40. The third-order valence-corrected chi connectivity index (χ3v) is 8.76. The SMILES string of the molecule is COc1cccc(F)c1-c1ccc([C@@H](CC(=O)O)NC(=O)[C@@H]2CCCN2S(=O)(=O)c2cc(Cl)cc(Cl)c2)cc1. The maximum absolute atomic E-state index is 14.5. The van der Waals surface area contributed by atoms with Crippen molar-refractivity contribution in [2.75, 3.05) is 13.7 Å². The van der Waals surface area contributed by atoms with E-state index in [-0.39, 0.29) is 33.5 Å². The van der Waals surface area contributed by atoms with Crippen molar-refractivity contribution in [1.29, 1.82) is 0 Å². The van der Waals surface area contributed by atoms with Crippen molar-refractivity contribution in [3.63, 3.8) is 0 Å². The fraction of sp³-hybridized carbons (Fsp3) is 0.259. The molecule has 0 bridgehead atoms. The van der Waals surface area contributed by atoms with Crippen LogP contribution in [0.25, 0.3) is 11.1 Å². The Labute approximate surface area is 235 Å². The Hall–Kier alpha value is -3.18.